The molecule has 1 aromatic carbocycles. The predicted molar refractivity (Wildman–Crippen MR) is 90.0 cm³/mol. The van der Waals surface area contributed by atoms with Gasteiger partial charge >= 0.3 is 0 Å². The fourth-order valence-electron chi connectivity index (χ4n) is 3.86. The second-order valence-corrected chi connectivity index (χ2v) is 7.12. The maximum atomic E-state index is 6.45. The molecule has 1 aromatic heterocycles. The fraction of sp³-hybridized carbons (Fsp3) is 0.611. The van der Waals surface area contributed by atoms with Gasteiger partial charge in [-0.15, -0.1) is 11.6 Å². The molecule has 21 heavy (non-hydrogen) atoms. The second-order valence-electron chi connectivity index (χ2n) is 6.47. The zero-order chi connectivity index (χ0) is 15.0. The topological polar surface area (TPSA) is 17.8 Å². The first-order valence-electron chi connectivity index (χ1n) is 8.24. The Bertz CT molecular complexity index is 629. The number of aryl methyl sites for hydroxylation is 1. The Labute approximate surface area is 132 Å². The van der Waals surface area contributed by atoms with Gasteiger partial charge < -0.3 is 4.57 Å². The molecule has 1 aliphatic rings. The zero-order valence-corrected chi connectivity index (χ0v) is 14.0. The summed E-state index contributed by atoms with van der Waals surface area (Å²) in [6.45, 7) is 6.48. The molecule has 1 aliphatic carbocycles. The summed E-state index contributed by atoms with van der Waals surface area (Å²) in [5.41, 5.74) is 3.61. The highest BCUT2D eigenvalue weighted by Gasteiger charge is 2.29. The number of aromatic nitrogens is 2. The van der Waals surface area contributed by atoms with Gasteiger partial charge in [-0.25, -0.2) is 4.98 Å². The summed E-state index contributed by atoms with van der Waals surface area (Å²) in [6.07, 6.45) is 6.53. The Morgan fingerprint density at radius 1 is 1.33 bits per heavy atom. The third-order valence-corrected chi connectivity index (χ3v) is 5.15. The number of nitrogens with zero attached hydrogens (tertiary/aromatic N) is 2. The van der Waals surface area contributed by atoms with Crippen LogP contribution < -0.4 is 0 Å². The van der Waals surface area contributed by atoms with Crippen molar-refractivity contribution in [2.75, 3.05) is 0 Å². The van der Waals surface area contributed by atoms with Crippen molar-refractivity contribution in [2.45, 2.75) is 64.3 Å². The highest BCUT2D eigenvalue weighted by molar-refractivity contribution is 6.20. The van der Waals surface area contributed by atoms with Gasteiger partial charge in [-0.1, -0.05) is 32.3 Å². The molecule has 3 atom stereocenters. The molecule has 2 nitrogen and oxygen atoms in total. The third-order valence-electron chi connectivity index (χ3n) is 4.95. The van der Waals surface area contributed by atoms with Crippen molar-refractivity contribution in [3.8, 4) is 0 Å². The average molecular weight is 305 g/mol. The van der Waals surface area contributed by atoms with E-state index in [0.717, 1.165) is 17.3 Å². The fourth-order valence-corrected chi connectivity index (χ4v) is 4.01. The minimum absolute atomic E-state index is 0.0443. The van der Waals surface area contributed by atoms with Crippen LogP contribution in [-0.2, 0) is 0 Å². The van der Waals surface area contributed by atoms with Crippen molar-refractivity contribution < 1.29 is 0 Å². The van der Waals surface area contributed by atoms with E-state index >= 15 is 0 Å². The van der Waals surface area contributed by atoms with Gasteiger partial charge in [-0.2, -0.15) is 0 Å². The molecular formula is C18H25ClN2. The van der Waals surface area contributed by atoms with Gasteiger partial charge in [0.15, 0.2) is 0 Å². The molecular weight excluding hydrogens is 280 g/mol. The highest BCUT2D eigenvalue weighted by atomic mass is 35.5. The molecule has 0 saturated heterocycles. The number of alkyl halides is 1. The van der Waals surface area contributed by atoms with Crippen molar-refractivity contribution in [1.29, 1.82) is 0 Å². The molecule has 0 bridgehead atoms. The Morgan fingerprint density at radius 2 is 2.10 bits per heavy atom. The number of hydrogen-bond acceptors (Lipinski definition) is 1. The van der Waals surface area contributed by atoms with Crippen LogP contribution in [0.1, 0.15) is 68.8 Å². The summed E-state index contributed by atoms with van der Waals surface area (Å²) in [5, 5.41) is -0.0443. The molecule has 0 amide bonds. The molecule has 3 rings (SSSR count). The van der Waals surface area contributed by atoms with E-state index in [4.69, 9.17) is 16.6 Å². The minimum atomic E-state index is -0.0443. The first-order chi connectivity index (χ1) is 10.1. The second kappa shape index (κ2) is 6.00. The van der Waals surface area contributed by atoms with Gasteiger partial charge in [0, 0.05) is 6.04 Å². The number of imidazole rings is 1. The molecule has 3 unspecified atom stereocenters. The zero-order valence-electron chi connectivity index (χ0n) is 13.3. The quantitative estimate of drug-likeness (QED) is 0.657. The Kier molecular flexibility index (Phi) is 4.26. The number of rotatable bonds is 3. The Hall–Kier alpha value is -1.02. The van der Waals surface area contributed by atoms with Crippen LogP contribution >= 0.6 is 11.6 Å². The summed E-state index contributed by atoms with van der Waals surface area (Å²) >= 11 is 6.45. The van der Waals surface area contributed by atoms with Crippen molar-refractivity contribution in [1.82, 2.24) is 9.55 Å². The van der Waals surface area contributed by atoms with Crippen LogP contribution in [0.5, 0.6) is 0 Å². The van der Waals surface area contributed by atoms with E-state index in [-0.39, 0.29) is 5.38 Å². The molecule has 0 spiro atoms. The predicted octanol–water partition coefficient (Wildman–Crippen LogP) is 5.79. The number of halogens is 1. The highest BCUT2D eigenvalue weighted by Crippen LogP contribution is 2.40. The number of hydrogen-bond donors (Lipinski definition) is 0. The van der Waals surface area contributed by atoms with Crippen molar-refractivity contribution in [3.63, 3.8) is 0 Å². The van der Waals surface area contributed by atoms with E-state index in [1.54, 1.807) is 0 Å². The Balaban J connectivity index is 2.16. The number of fused-ring (bicyclic) bond motifs is 1. The van der Waals surface area contributed by atoms with E-state index in [0.29, 0.717) is 6.04 Å². The van der Waals surface area contributed by atoms with Crippen LogP contribution in [0, 0.1) is 12.8 Å². The lowest BCUT2D eigenvalue weighted by Gasteiger charge is -2.33. The smallest absolute Gasteiger partial charge is 0.127 e. The summed E-state index contributed by atoms with van der Waals surface area (Å²) in [7, 11) is 0. The molecule has 1 heterocycles. The summed E-state index contributed by atoms with van der Waals surface area (Å²) < 4.78 is 2.46. The monoisotopic (exact) mass is 304 g/mol. The van der Waals surface area contributed by atoms with Crippen LogP contribution in [0.3, 0.4) is 0 Å². The largest absolute Gasteiger partial charge is 0.323 e. The lowest BCUT2D eigenvalue weighted by atomic mass is 9.82. The first-order valence-corrected chi connectivity index (χ1v) is 8.68. The van der Waals surface area contributed by atoms with E-state index in [1.165, 1.54) is 43.2 Å². The molecule has 1 saturated carbocycles. The van der Waals surface area contributed by atoms with Crippen LogP contribution in [0.15, 0.2) is 18.2 Å². The van der Waals surface area contributed by atoms with Crippen molar-refractivity contribution in [3.05, 3.63) is 29.6 Å². The standard InChI is InChI=1S/C18H25ClN2/c1-4-14-7-5-6-8-16(14)21-17-10-9-12(2)11-15(17)20-18(21)13(3)19/h9-11,13-14,16H,4-8H2,1-3H3. The van der Waals surface area contributed by atoms with Gasteiger partial charge in [-0.05, 0) is 50.3 Å². The molecule has 1 fully saturated rings. The lowest BCUT2D eigenvalue weighted by Crippen LogP contribution is -2.24. The van der Waals surface area contributed by atoms with Crippen LogP contribution in [0.25, 0.3) is 11.0 Å². The van der Waals surface area contributed by atoms with Crippen LogP contribution in [-0.4, -0.2) is 9.55 Å². The average Bonchev–Trinajstić information content (AvgIpc) is 2.85. The van der Waals surface area contributed by atoms with E-state index in [2.05, 4.69) is 36.6 Å². The molecule has 2 aromatic rings. The van der Waals surface area contributed by atoms with Gasteiger partial charge in [-0.3, -0.25) is 0 Å². The van der Waals surface area contributed by atoms with Crippen LogP contribution in [0.2, 0.25) is 0 Å². The molecule has 114 valence electrons. The first kappa shape index (κ1) is 14.9. The van der Waals surface area contributed by atoms with Crippen LogP contribution in [0.4, 0.5) is 0 Å². The van der Waals surface area contributed by atoms with E-state index < -0.39 is 0 Å². The van der Waals surface area contributed by atoms with Crippen molar-refractivity contribution >= 4 is 22.6 Å². The molecule has 0 N–H and O–H groups in total. The van der Waals surface area contributed by atoms with Gasteiger partial charge in [0.2, 0.25) is 0 Å². The van der Waals surface area contributed by atoms with Gasteiger partial charge in [0.25, 0.3) is 0 Å². The maximum absolute atomic E-state index is 6.45. The van der Waals surface area contributed by atoms with Crippen molar-refractivity contribution in [2.24, 2.45) is 5.92 Å². The minimum Gasteiger partial charge on any atom is -0.323 e. The third kappa shape index (κ3) is 2.70. The lowest BCUT2D eigenvalue weighted by molar-refractivity contribution is 0.233. The molecule has 0 aliphatic heterocycles. The summed E-state index contributed by atoms with van der Waals surface area (Å²) in [6, 6.07) is 7.15. The summed E-state index contributed by atoms with van der Waals surface area (Å²) in [4.78, 5) is 4.85. The Morgan fingerprint density at radius 3 is 2.81 bits per heavy atom. The number of benzene rings is 1. The summed E-state index contributed by atoms with van der Waals surface area (Å²) in [5.74, 6) is 1.80. The normalized spacial score (nSPS) is 24.4. The van der Waals surface area contributed by atoms with Gasteiger partial charge in [0.1, 0.15) is 5.82 Å². The van der Waals surface area contributed by atoms with Gasteiger partial charge in [0.05, 0.1) is 16.4 Å². The van der Waals surface area contributed by atoms with E-state index in [9.17, 15) is 0 Å². The maximum Gasteiger partial charge on any atom is 0.127 e. The molecule has 3 heteroatoms. The van der Waals surface area contributed by atoms with E-state index in [1.807, 2.05) is 6.92 Å². The molecule has 0 radical (unpaired) electrons. The SMILES string of the molecule is CCC1CCCCC1n1c(C(C)Cl)nc2cc(C)ccc21.